The lowest BCUT2D eigenvalue weighted by Gasteiger charge is -2.36. The Morgan fingerprint density at radius 2 is 1.85 bits per heavy atom. The molecule has 176 valence electrons. The maximum atomic E-state index is 9.64. The van der Waals surface area contributed by atoms with E-state index >= 15 is 0 Å². The fraction of sp³-hybridized carbons (Fsp3) is 0.308. The van der Waals surface area contributed by atoms with Crippen molar-refractivity contribution < 1.29 is 9.84 Å². The average molecular weight is 459 g/mol. The van der Waals surface area contributed by atoms with Crippen LogP contribution in [0.4, 0.5) is 17.3 Å². The first-order valence-electron chi connectivity index (χ1n) is 11.6. The zero-order valence-corrected chi connectivity index (χ0v) is 19.6. The van der Waals surface area contributed by atoms with Gasteiger partial charge in [0.2, 0.25) is 5.95 Å². The number of hydrogen-bond donors (Lipinski definition) is 2. The van der Waals surface area contributed by atoms with Crippen LogP contribution in [-0.4, -0.2) is 70.5 Å². The lowest BCUT2D eigenvalue weighted by Crippen LogP contribution is -2.48. The Hall–Kier alpha value is -3.62. The lowest BCUT2D eigenvalue weighted by atomic mass is 10.1. The van der Waals surface area contributed by atoms with Crippen LogP contribution in [0.15, 0.2) is 66.9 Å². The maximum absolute atomic E-state index is 9.64. The summed E-state index contributed by atoms with van der Waals surface area (Å²) >= 11 is 0. The van der Waals surface area contributed by atoms with Gasteiger partial charge in [-0.15, -0.1) is 5.10 Å². The summed E-state index contributed by atoms with van der Waals surface area (Å²) in [5.74, 6) is 1.33. The molecule has 1 aliphatic rings. The van der Waals surface area contributed by atoms with Crippen molar-refractivity contribution in [2.75, 3.05) is 50.1 Å². The van der Waals surface area contributed by atoms with Crippen LogP contribution in [0.25, 0.3) is 16.8 Å². The lowest BCUT2D eigenvalue weighted by molar-refractivity contribution is 0.123. The molecule has 0 saturated carbocycles. The molecular weight excluding hydrogens is 428 g/mol. The van der Waals surface area contributed by atoms with Crippen molar-refractivity contribution in [1.29, 1.82) is 0 Å². The second-order valence-corrected chi connectivity index (χ2v) is 8.65. The van der Waals surface area contributed by atoms with E-state index in [2.05, 4.69) is 32.2 Å². The second-order valence-electron chi connectivity index (χ2n) is 8.65. The molecule has 34 heavy (non-hydrogen) atoms. The number of anilines is 3. The van der Waals surface area contributed by atoms with Crippen molar-refractivity contribution >= 4 is 22.8 Å². The zero-order valence-electron chi connectivity index (χ0n) is 19.6. The van der Waals surface area contributed by atoms with E-state index in [0.717, 1.165) is 60.9 Å². The van der Waals surface area contributed by atoms with E-state index in [1.165, 1.54) is 5.69 Å². The molecule has 0 aliphatic carbocycles. The molecule has 0 radical (unpaired) electrons. The van der Waals surface area contributed by atoms with Gasteiger partial charge in [-0.2, -0.15) is 0 Å². The van der Waals surface area contributed by atoms with Crippen LogP contribution in [0, 0.1) is 0 Å². The van der Waals surface area contributed by atoms with Crippen molar-refractivity contribution in [2.24, 2.45) is 0 Å². The highest BCUT2D eigenvalue weighted by Gasteiger charge is 2.18. The molecule has 8 nitrogen and oxygen atoms in total. The van der Waals surface area contributed by atoms with E-state index in [1.807, 2.05) is 66.2 Å². The Bertz CT molecular complexity index is 1260. The predicted octanol–water partition coefficient (Wildman–Crippen LogP) is 3.65. The van der Waals surface area contributed by atoms with Gasteiger partial charge >= 0.3 is 0 Å². The molecule has 0 amide bonds. The molecule has 0 spiro atoms. The van der Waals surface area contributed by atoms with Crippen molar-refractivity contribution in [2.45, 2.75) is 13.0 Å². The molecule has 3 heterocycles. The van der Waals surface area contributed by atoms with E-state index in [0.29, 0.717) is 5.95 Å². The number of nitrogens with one attached hydrogen (secondary N) is 1. The number of ether oxygens (including phenoxy) is 1. The van der Waals surface area contributed by atoms with Gasteiger partial charge in [-0.3, -0.25) is 4.90 Å². The predicted molar refractivity (Wildman–Crippen MR) is 135 cm³/mol. The van der Waals surface area contributed by atoms with Crippen LogP contribution >= 0.6 is 0 Å². The summed E-state index contributed by atoms with van der Waals surface area (Å²) in [6.45, 7) is 6.33. The standard InChI is InChI=1S/C26H30N6O2/c1-19(33)18-30-12-14-31(15-13-30)21-7-5-6-20(16-21)28-26-27-17-22-10-11-24(32(22)29-26)23-8-3-4-9-25(23)34-2/h3-11,16-17,19,33H,12-15,18H2,1-2H3,(H,28,29)/t19-/m1/s1. The molecular formula is C26H30N6O2. The van der Waals surface area contributed by atoms with Crippen LogP contribution in [-0.2, 0) is 0 Å². The Morgan fingerprint density at radius 1 is 1.03 bits per heavy atom. The number of methoxy groups -OCH3 is 1. The number of aliphatic hydroxyl groups excluding tert-OH is 1. The summed E-state index contributed by atoms with van der Waals surface area (Å²) in [6, 6.07) is 20.3. The molecule has 5 rings (SSSR count). The van der Waals surface area contributed by atoms with E-state index in [4.69, 9.17) is 9.84 Å². The quantitative estimate of drug-likeness (QED) is 0.438. The summed E-state index contributed by atoms with van der Waals surface area (Å²) in [5, 5.41) is 17.8. The van der Waals surface area contributed by atoms with Gasteiger partial charge < -0.3 is 20.1 Å². The Balaban J connectivity index is 1.35. The minimum Gasteiger partial charge on any atom is -0.496 e. The van der Waals surface area contributed by atoms with E-state index < -0.39 is 0 Å². The molecule has 0 unspecified atom stereocenters. The Morgan fingerprint density at radius 3 is 2.65 bits per heavy atom. The summed E-state index contributed by atoms with van der Waals surface area (Å²) in [5.41, 5.74) is 4.94. The van der Waals surface area contributed by atoms with Gasteiger partial charge in [-0.05, 0) is 49.4 Å². The number of β-amino-alcohol motifs (C(OH)–C–C–N with tert-alkyl or cyclic N) is 1. The fourth-order valence-corrected chi connectivity index (χ4v) is 4.49. The van der Waals surface area contributed by atoms with Crippen LogP contribution in [0.3, 0.4) is 0 Å². The molecule has 0 bridgehead atoms. The molecule has 1 aliphatic heterocycles. The third-order valence-electron chi connectivity index (χ3n) is 6.14. The van der Waals surface area contributed by atoms with Crippen molar-refractivity contribution in [3.63, 3.8) is 0 Å². The third kappa shape index (κ3) is 4.69. The number of hydrogen-bond acceptors (Lipinski definition) is 7. The van der Waals surface area contributed by atoms with Crippen molar-refractivity contribution in [3.8, 4) is 17.0 Å². The fourth-order valence-electron chi connectivity index (χ4n) is 4.49. The molecule has 2 aromatic carbocycles. The van der Waals surface area contributed by atoms with Gasteiger partial charge in [0.05, 0.1) is 30.6 Å². The van der Waals surface area contributed by atoms with Crippen LogP contribution in [0.2, 0.25) is 0 Å². The molecule has 1 saturated heterocycles. The summed E-state index contributed by atoms with van der Waals surface area (Å²) in [7, 11) is 1.68. The summed E-state index contributed by atoms with van der Waals surface area (Å²) in [6.07, 6.45) is 1.53. The van der Waals surface area contributed by atoms with Gasteiger partial charge in [0.1, 0.15) is 5.75 Å². The maximum Gasteiger partial charge on any atom is 0.245 e. The minimum atomic E-state index is -0.291. The SMILES string of the molecule is COc1ccccc1-c1ccc2cnc(Nc3cccc(N4CCN(C[C@@H](C)O)CC4)c3)nn12. The molecule has 2 aromatic heterocycles. The van der Waals surface area contributed by atoms with Gasteiger partial charge in [0, 0.05) is 49.7 Å². The smallest absolute Gasteiger partial charge is 0.245 e. The van der Waals surface area contributed by atoms with Gasteiger partial charge in [-0.1, -0.05) is 18.2 Å². The highest BCUT2D eigenvalue weighted by Crippen LogP contribution is 2.31. The Labute approximate surface area is 199 Å². The summed E-state index contributed by atoms with van der Waals surface area (Å²) in [4.78, 5) is 9.20. The number of para-hydroxylation sites is 1. The number of fused-ring (bicyclic) bond motifs is 1. The zero-order chi connectivity index (χ0) is 23.5. The molecule has 1 atom stereocenters. The third-order valence-corrected chi connectivity index (χ3v) is 6.14. The monoisotopic (exact) mass is 458 g/mol. The number of aromatic nitrogens is 3. The number of piperazine rings is 1. The van der Waals surface area contributed by atoms with Crippen LogP contribution in [0.1, 0.15) is 6.92 Å². The highest BCUT2D eigenvalue weighted by atomic mass is 16.5. The topological polar surface area (TPSA) is 78.2 Å². The minimum absolute atomic E-state index is 0.291. The van der Waals surface area contributed by atoms with Crippen LogP contribution in [0.5, 0.6) is 5.75 Å². The number of aliphatic hydroxyl groups is 1. The van der Waals surface area contributed by atoms with Crippen molar-refractivity contribution in [1.82, 2.24) is 19.5 Å². The molecule has 8 heteroatoms. The number of benzene rings is 2. The molecule has 2 N–H and O–H groups in total. The average Bonchev–Trinajstić information content (AvgIpc) is 3.27. The molecule has 1 fully saturated rings. The highest BCUT2D eigenvalue weighted by molar-refractivity contribution is 5.72. The van der Waals surface area contributed by atoms with Gasteiger partial charge in [0.25, 0.3) is 0 Å². The first-order valence-corrected chi connectivity index (χ1v) is 11.6. The van der Waals surface area contributed by atoms with E-state index in [1.54, 1.807) is 7.11 Å². The Kier molecular flexibility index (Phi) is 6.33. The summed E-state index contributed by atoms with van der Waals surface area (Å²) < 4.78 is 7.44. The van der Waals surface area contributed by atoms with E-state index in [-0.39, 0.29) is 6.10 Å². The first kappa shape index (κ1) is 22.2. The largest absolute Gasteiger partial charge is 0.496 e. The molecule has 4 aromatic rings. The number of nitrogens with zero attached hydrogens (tertiary/aromatic N) is 5. The first-order chi connectivity index (χ1) is 16.6. The number of rotatable bonds is 7. The second kappa shape index (κ2) is 9.70. The van der Waals surface area contributed by atoms with Crippen molar-refractivity contribution in [3.05, 3.63) is 66.9 Å². The van der Waals surface area contributed by atoms with Gasteiger partial charge in [-0.25, -0.2) is 9.50 Å². The van der Waals surface area contributed by atoms with E-state index in [9.17, 15) is 5.11 Å². The van der Waals surface area contributed by atoms with Gasteiger partial charge in [0.15, 0.2) is 0 Å². The van der Waals surface area contributed by atoms with Crippen LogP contribution < -0.4 is 15.0 Å². The normalized spacial score (nSPS) is 15.4.